The first kappa shape index (κ1) is 13.9. The third-order valence-electron chi connectivity index (χ3n) is 4.38. The Morgan fingerprint density at radius 3 is 2.67 bits per heavy atom. The van der Waals surface area contributed by atoms with Crippen molar-refractivity contribution >= 4 is 6.08 Å². The van der Waals surface area contributed by atoms with Crippen molar-refractivity contribution < 1.29 is 4.39 Å². The second-order valence-electron chi connectivity index (χ2n) is 5.62. The highest BCUT2D eigenvalue weighted by molar-refractivity contribution is 5.40. The van der Waals surface area contributed by atoms with Crippen molar-refractivity contribution in [2.45, 2.75) is 37.5 Å². The molecule has 3 rings (SSSR count). The summed E-state index contributed by atoms with van der Waals surface area (Å²) in [5, 5.41) is 8.27. The fourth-order valence-corrected chi connectivity index (χ4v) is 2.96. The van der Waals surface area contributed by atoms with E-state index in [-0.39, 0.29) is 11.2 Å². The molecule has 4 heteroatoms. The van der Waals surface area contributed by atoms with Crippen LogP contribution in [0.2, 0.25) is 0 Å². The van der Waals surface area contributed by atoms with Crippen LogP contribution in [0.25, 0.3) is 6.08 Å². The van der Waals surface area contributed by atoms with Crippen LogP contribution in [-0.4, -0.2) is 15.2 Å². The van der Waals surface area contributed by atoms with Crippen LogP contribution in [0.3, 0.4) is 0 Å². The van der Waals surface area contributed by atoms with Gasteiger partial charge in [-0.15, -0.1) is 0 Å². The highest BCUT2D eigenvalue weighted by Gasteiger charge is 2.41. The topological polar surface area (TPSA) is 38.7 Å². The maximum Gasteiger partial charge on any atom is 0.145 e. The fourth-order valence-electron chi connectivity index (χ4n) is 2.96. The number of aryl methyl sites for hydroxylation is 1. The van der Waals surface area contributed by atoms with Gasteiger partial charge in [-0.3, -0.25) is 4.98 Å². The van der Waals surface area contributed by atoms with Gasteiger partial charge in [0.15, 0.2) is 0 Å². The van der Waals surface area contributed by atoms with Crippen molar-refractivity contribution in [3.05, 3.63) is 59.9 Å². The van der Waals surface area contributed by atoms with E-state index in [4.69, 9.17) is 0 Å². The van der Waals surface area contributed by atoms with Crippen LogP contribution in [0, 0.1) is 5.82 Å². The summed E-state index contributed by atoms with van der Waals surface area (Å²) in [6.45, 7) is 3.67. The maximum atomic E-state index is 14.0. The van der Waals surface area contributed by atoms with E-state index in [1.165, 1.54) is 6.07 Å². The quantitative estimate of drug-likeness (QED) is 0.839. The van der Waals surface area contributed by atoms with E-state index >= 15 is 0 Å². The molecule has 1 aliphatic carbocycles. The lowest BCUT2D eigenvalue weighted by atomic mass is 9.63. The SMILES string of the molecule is C=Cc1ccc(CCC2(c3ncccc3F)CCC2)nn1. The summed E-state index contributed by atoms with van der Waals surface area (Å²) >= 11 is 0. The number of nitrogens with zero attached hydrogens (tertiary/aromatic N) is 3. The number of aromatic nitrogens is 3. The van der Waals surface area contributed by atoms with Crippen molar-refractivity contribution in [2.75, 3.05) is 0 Å². The van der Waals surface area contributed by atoms with E-state index in [0.29, 0.717) is 5.69 Å². The van der Waals surface area contributed by atoms with Crippen LogP contribution in [0.5, 0.6) is 0 Å². The minimum Gasteiger partial charge on any atom is -0.258 e. The summed E-state index contributed by atoms with van der Waals surface area (Å²) in [5.74, 6) is -0.190. The molecule has 0 N–H and O–H groups in total. The normalized spacial score (nSPS) is 16.2. The predicted octanol–water partition coefficient (Wildman–Crippen LogP) is 3.71. The molecule has 0 aliphatic heterocycles. The molecule has 2 aromatic heterocycles. The second-order valence-corrected chi connectivity index (χ2v) is 5.62. The lowest BCUT2D eigenvalue weighted by Gasteiger charge is -2.41. The fraction of sp³-hybridized carbons (Fsp3) is 0.353. The van der Waals surface area contributed by atoms with Gasteiger partial charge in [-0.05, 0) is 56.0 Å². The highest BCUT2D eigenvalue weighted by Crippen LogP contribution is 2.46. The van der Waals surface area contributed by atoms with Crippen molar-refractivity contribution in [3.63, 3.8) is 0 Å². The summed E-state index contributed by atoms with van der Waals surface area (Å²) in [5.41, 5.74) is 2.20. The molecular weight excluding hydrogens is 265 g/mol. The molecule has 0 saturated heterocycles. The van der Waals surface area contributed by atoms with Gasteiger partial charge in [0.05, 0.1) is 17.1 Å². The van der Waals surface area contributed by atoms with E-state index in [0.717, 1.165) is 43.5 Å². The Morgan fingerprint density at radius 1 is 1.24 bits per heavy atom. The summed E-state index contributed by atoms with van der Waals surface area (Å²) in [6.07, 6.45) is 8.14. The largest absolute Gasteiger partial charge is 0.258 e. The first-order valence-electron chi connectivity index (χ1n) is 7.30. The number of rotatable bonds is 5. The summed E-state index contributed by atoms with van der Waals surface area (Å²) < 4.78 is 14.0. The lowest BCUT2D eigenvalue weighted by Crippen LogP contribution is -2.36. The molecular formula is C17H18FN3. The van der Waals surface area contributed by atoms with Gasteiger partial charge >= 0.3 is 0 Å². The van der Waals surface area contributed by atoms with E-state index in [1.54, 1.807) is 18.3 Å². The van der Waals surface area contributed by atoms with Crippen LogP contribution >= 0.6 is 0 Å². The molecule has 0 aromatic carbocycles. The minimum absolute atomic E-state index is 0.121. The van der Waals surface area contributed by atoms with Crippen LogP contribution < -0.4 is 0 Å². The molecule has 2 heterocycles. The van der Waals surface area contributed by atoms with E-state index in [2.05, 4.69) is 21.8 Å². The van der Waals surface area contributed by atoms with E-state index in [9.17, 15) is 4.39 Å². The Morgan fingerprint density at radius 2 is 2.10 bits per heavy atom. The van der Waals surface area contributed by atoms with Gasteiger partial charge in [0, 0.05) is 11.6 Å². The Hall–Kier alpha value is -2.10. The van der Waals surface area contributed by atoms with Crippen LogP contribution in [0.1, 0.15) is 42.8 Å². The molecule has 3 nitrogen and oxygen atoms in total. The molecule has 0 bridgehead atoms. The molecule has 108 valence electrons. The Kier molecular flexibility index (Phi) is 3.78. The lowest BCUT2D eigenvalue weighted by molar-refractivity contribution is 0.210. The molecule has 1 saturated carbocycles. The molecule has 0 unspecified atom stereocenters. The molecule has 21 heavy (non-hydrogen) atoms. The third kappa shape index (κ3) is 2.71. The molecule has 0 amide bonds. The van der Waals surface area contributed by atoms with Gasteiger partial charge in [0.1, 0.15) is 5.82 Å². The first-order valence-corrected chi connectivity index (χ1v) is 7.30. The van der Waals surface area contributed by atoms with Crippen molar-refractivity contribution in [3.8, 4) is 0 Å². The Labute approximate surface area is 124 Å². The van der Waals surface area contributed by atoms with Crippen LogP contribution in [0.4, 0.5) is 4.39 Å². The molecule has 0 atom stereocenters. The molecule has 1 fully saturated rings. The summed E-state index contributed by atoms with van der Waals surface area (Å²) in [7, 11) is 0. The van der Waals surface area contributed by atoms with Gasteiger partial charge in [0.25, 0.3) is 0 Å². The number of hydrogen-bond donors (Lipinski definition) is 0. The van der Waals surface area contributed by atoms with Gasteiger partial charge in [-0.25, -0.2) is 4.39 Å². The average Bonchev–Trinajstić information content (AvgIpc) is 2.48. The van der Waals surface area contributed by atoms with E-state index in [1.807, 2.05) is 12.1 Å². The third-order valence-corrected chi connectivity index (χ3v) is 4.38. The standard InChI is InChI=1S/C17H18FN3/c1-2-13-6-7-14(21-20-13)8-11-17(9-4-10-17)16-15(18)5-3-12-19-16/h2-3,5-7,12H,1,4,8-11H2. The molecule has 0 radical (unpaired) electrons. The minimum atomic E-state index is -0.190. The molecule has 1 aliphatic rings. The number of pyridine rings is 1. The highest BCUT2D eigenvalue weighted by atomic mass is 19.1. The first-order chi connectivity index (χ1) is 10.2. The number of halogens is 1. The predicted molar refractivity (Wildman–Crippen MR) is 80.2 cm³/mol. The zero-order chi connectivity index (χ0) is 14.7. The van der Waals surface area contributed by atoms with Crippen LogP contribution in [0.15, 0.2) is 37.0 Å². The van der Waals surface area contributed by atoms with Gasteiger partial charge < -0.3 is 0 Å². The Bertz CT molecular complexity index is 633. The van der Waals surface area contributed by atoms with Crippen molar-refractivity contribution in [1.29, 1.82) is 0 Å². The second kappa shape index (κ2) is 5.72. The zero-order valence-electron chi connectivity index (χ0n) is 11.9. The van der Waals surface area contributed by atoms with Crippen LogP contribution in [-0.2, 0) is 11.8 Å². The van der Waals surface area contributed by atoms with Gasteiger partial charge in [-0.1, -0.05) is 13.0 Å². The molecule has 0 spiro atoms. The average molecular weight is 283 g/mol. The van der Waals surface area contributed by atoms with Crippen molar-refractivity contribution in [2.24, 2.45) is 0 Å². The summed E-state index contributed by atoms with van der Waals surface area (Å²) in [6, 6.07) is 7.01. The number of hydrogen-bond acceptors (Lipinski definition) is 3. The summed E-state index contributed by atoms with van der Waals surface area (Å²) in [4.78, 5) is 4.29. The van der Waals surface area contributed by atoms with Crippen molar-refractivity contribution in [1.82, 2.24) is 15.2 Å². The van der Waals surface area contributed by atoms with Gasteiger partial charge in [0.2, 0.25) is 0 Å². The zero-order valence-corrected chi connectivity index (χ0v) is 11.9. The van der Waals surface area contributed by atoms with E-state index < -0.39 is 0 Å². The maximum absolute atomic E-state index is 14.0. The monoisotopic (exact) mass is 283 g/mol. The Balaban J connectivity index is 1.75. The smallest absolute Gasteiger partial charge is 0.145 e. The molecule has 2 aromatic rings. The van der Waals surface area contributed by atoms with Gasteiger partial charge in [-0.2, -0.15) is 10.2 Å².